The number of hydrogen-bond acceptors (Lipinski definition) is 5. The molecule has 0 bridgehead atoms. The summed E-state index contributed by atoms with van der Waals surface area (Å²) in [6, 6.07) is 10.4. The van der Waals surface area contributed by atoms with E-state index in [0.29, 0.717) is 5.56 Å². The molecule has 0 aromatic heterocycles. The highest BCUT2D eigenvalue weighted by molar-refractivity contribution is 6.33. The van der Waals surface area contributed by atoms with Crippen molar-refractivity contribution < 1.29 is 36.6 Å². The van der Waals surface area contributed by atoms with E-state index in [1.807, 2.05) is 30.3 Å². The zero-order valence-electron chi connectivity index (χ0n) is 24.3. The van der Waals surface area contributed by atoms with Gasteiger partial charge in [-0.15, -0.1) is 0 Å². The Balaban J connectivity index is 1.51. The molecular formula is C32H34ClF4N3O4. The zero-order chi connectivity index (χ0) is 31.8. The van der Waals surface area contributed by atoms with Gasteiger partial charge in [-0.2, -0.15) is 8.78 Å². The van der Waals surface area contributed by atoms with Crippen molar-refractivity contribution in [3.05, 3.63) is 81.7 Å². The van der Waals surface area contributed by atoms with Gasteiger partial charge in [-0.25, -0.2) is 8.78 Å². The number of halogens is 5. The van der Waals surface area contributed by atoms with Crippen molar-refractivity contribution in [1.82, 2.24) is 10.2 Å². The van der Waals surface area contributed by atoms with Crippen molar-refractivity contribution in [2.75, 3.05) is 20.6 Å². The molecule has 1 saturated carbocycles. The number of benzene rings is 2. The summed E-state index contributed by atoms with van der Waals surface area (Å²) in [5, 5.41) is 3.08. The molecule has 3 atom stereocenters. The van der Waals surface area contributed by atoms with Crippen LogP contribution < -0.4 is 15.8 Å². The summed E-state index contributed by atoms with van der Waals surface area (Å²) in [4.78, 5) is 26.5. The Labute approximate surface area is 258 Å². The second-order valence-corrected chi connectivity index (χ2v) is 12.0. The molecule has 0 radical (unpaired) electrons. The maximum absolute atomic E-state index is 16.0. The molecule has 44 heavy (non-hydrogen) atoms. The van der Waals surface area contributed by atoms with Gasteiger partial charge in [0.2, 0.25) is 11.8 Å². The quantitative estimate of drug-likeness (QED) is 0.365. The van der Waals surface area contributed by atoms with E-state index in [-0.39, 0.29) is 47.7 Å². The summed E-state index contributed by atoms with van der Waals surface area (Å²) in [5.41, 5.74) is 4.59. The molecule has 12 heteroatoms. The number of carbonyl (C=O) groups excluding carboxylic acids is 2. The topological polar surface area (TPSA) is 93.9 Å². The van der Waals surface area contributed by atoms with Gasteiger partial charge in [0.05, 0.1) is 5.02 Å². The van der Waals surface area contributed by atoms with Crippen LogP contribution >= 0.6 is 11.6 Å². The van der Waals surface area contributed by atoms with Gasteiger partial charge >= 0.3 is 6.61 Å². The fourth-order valence-corrected chi connectivity index (χ4v) is 6.72. The standard InChI is InChI=1S/C32H34ClF4N3O4/c1-40(2)30(42)17-8-10-19(11-9-17)39-16-32(18-6-4-3-5-7-18)15-21-24(44-32)14-22(34)27(33)25(21)26-20(29(38)41)12-13-23(28(26)35)43-31(36)37/h3-7,12-14,17,19,23,28,31,39H,8-11,15-16H2,1-2H3,(H2,38,41)/t17?,19?,23-,28?,32+/m0/s1. The third-order valence-electron chi connectivity index (χ3n) is 8.65. The Hall–Kier alpha value is -3.41. The van der Waals surface area contributed by atoms with Gasteiger partial charge in [0.25, 0.3) is 0 Å². The highest BCUT2D eigenvalue weighted by Gasteiger charge is 2.46. The van der Waals surface area contributed by atoms with Gasteiger partial charge in [0, 0.05) is 67.4 Å². The van der Waals surface area contributed by atoms with E-state index in [4.69, 9.17) is 22.1 Å². The molecule has 0 saturated heterocycles. The van der Waals surface area contributed by atoms with Crippen molar-refractivity contribution in [2.45, 2.75) is 62.6 Å². The van der Waals surface area contributed by atoms with Crippen molar-refractivity contribution >= 4 is 29.0 Å². The van der Waals surface area contributed by atoms with Gasteiger partial charge in [-0.3, -0.25) is 9.59 Å². The molecule has 2 aromatic rings. The first-order valence-corrected chi connectivity index (χ1v) is 14.8. The molecule has 236 valence electrons. The van der Waals surface area contributed by atoms with Crippen molar-refractivity contribution in [1.29, 1.82) is 0 Å². The van der Waals surface area contributed by atoms with E-state index in [0.717, 1.165) is 49.5 Å². The van der Waals surface area contributed by atoms with Crippen LogP contribution in [0.15, 0.2) is 54.1 Å². The average Bonchev–Trinajstić information content (AvgIpc) is 3.37. The molecule has 0 spiro atoms. The minimum Gasteiger partial charge on any atom is -0.480 e. The Kier molecular flexibility index (Phi) is 9.38. The fourth-order valence-electron chi connectivity index (χ4n) is 6.45. The summed E-state index contributed by atoms with van der Waals surface area (Å²) >= 11 is 6.46. The first-order valence-electron chi connectivity index (χ1n) is 14.4. The molecule has 2 amide bonds. The van der Waals surface area contributed by atoms with E-state index >= 15 is 8.78 Å². The third kappa shape index (κ3) is 6.23. The predicted octanol–water partition coefficient (Wildman–Crippen LogP) is 5.30. The second-order valence-electron chi connectivity index (χ2n) is 11.6. The summed E-state index contributed by atoms with van der Waals surface area (Å²) < 4.78 is 68.5. The molecule has 1 fully saturated rings. The van der Waals surface area contributed by atoms with Crippen LogP contribution in [-0.2, 0) is 26.3 Å². The summed E-state index contributed by atoms with van der Waals surface area (Å²) in [6.07, 6.45) is 1.10. The molecule has 1 unspecified atom stereocenters. The Morgan fingerprint density at radius 1 is 1.18 bits per heavy atom. The molecule has 2 aliphatic carbocycles. The van der Waals surface area contributed by atoms with Crippen LogP contribution in [0.2, 0.25) is 5.02 Å². The first kappa shape index (κ1) is 32.0. The normalized spacial score (nSPS) is 26.5. The van der Waals surface area contributed by atoms with Crippen molar-refractivity contribution in [3.8, 4) is 5.75 Å². The van der Waals surface area contributed by atoms with Crippen LogP contribution in [0.1, 0.15) is 42.4 Å². The number of hydrogen-bond donors (Lipinski definition) is 2. The van der Waals surface area contributed by atoms with Crippen LogP contribution in [0.3, 0.4) is 0 Å². The van der Waals surface area contributed by atoms with Crippen LogP contribution in [0, 0.1) is 11.7 Å². The number of nitrogens with zero attached hydrogens (tertiary/aromatic N) is 1. The van der Waals surface area contributed by atoms with Crippen LogP contribution in [0.25, 0.3) is 5.57 Å². The highest BCUT2D eigenvalue weighted by atomic mass is 35.5. The minimum atomic E-state index is -3.30. The lowest BCUT2D eigenvalue weighted by Gasteiger charge is -2.35. The number of fused-ring (bicyclic) bond motifs is 1. The Bertz CT molecular complexity index is 1480. The van der Waals surface area contributed by atoms with E-state index in [9.17, 15) is 18.4 Å². The monoisotopic (exact) mass is 635 g/mol. The Morgan fingerprint density at radius 3 is 2.48 bits per heavy atom. The average molecular weight is 636 g/mol. The van der Waals surface area contributed by atoms with Crippen LogP contribution in [-0.4, -0.2) is 62.3 Å². The lowest BCUT2D eigenvalue weighted by Crippen LogP contribution is -2.47. The highest BCUT2D eigenvalue weighted by Crippen LogP contribution is 2.50. The zero-order valence-corrected chi connectivity index (χ0v) is 25.1. The van der Waals surface area contributed by atoms with Gasteiger partial charge in [-0.05, 0) is 31.2 Å². The maximum Gasteiger partial charge on any atom is 0.345 e. The SMILES string of the molecule is CN(C)C(=O)C1CCC(NC[C@@]2(c3ccccc3)Cc3c(cc(F)c(Cl)c3C3=C(C(N)=O)C=C[C@H](OC(F)F)C3F)O2)CC1. The number of amides is 2. The summed E-state index contributed by atoms with van der Waals surface area (Å²) in [5.74, 6) is -1.82. The number of ether oxygens (including phenoxy) is 2. The van der Waals surface area contributed by atoms with E-state index in [1.54, 1.807) is 19.0 Å². The van der Waals surface area contributed by atoms with Gasteiger partial charge < -0.3 is 25.4 Å². The first-order chi connectivity index (χ1) is 20.9. The maximum atomic E-state index is 16.0. The van der Waals surface area contributed by atoms with Crippen molar-refractivity contribution in [3.63, 3.8) is 0 Å². The molecule has 3 aliphatic rings. The van der Waals surface area contributed by atoms with E-state index < -0.39 is 46.8 Å². The molecule has 1 aliphatic heterocycles. The molecule has 7 nitrogen and oxygen atoms in total. The largest absolute Gasteiger partial charge is 0.480 e. The lowest BCUT2D eigenvalue weighted by molar-refractivity contribution is -0.159. The predicted molar refractivity (Wildman–Crippen MR) is 157 cm³/mol. The summed E-state index contributed by atoms with van der Waals surface area (Å²) in [6.45, 7) is -3.02. The number of alkyl halides is 3. The minimum absolute atomic E-state index is 0.0328. The van der Waals surface area contributed by atoms with E-state index in [2.05, 4.69) is 10.1 Å². The summed E-state index contributed by atoms with van der Waals surface area (Å²) in [7, 11) is 3.50. The number of carbonyl (C=O) groups is 2. The molecule has 1 heterocycles. The molecule has 2 aromatic carbocycles. The fraction of sp³-hybridized carbons (Fsp3) is 0.438. The van der Waals surface area contributed by atoms with Gasteiger partial charge in [0.15, 0.2) is 11.8 Å². The smallest absolute Gasteiger partial charge is 0.345 e. The van der Waals surface area contributed by atoms with Crippen molar-refractivity contribution in [2.24, 2.45) is 11.7 Å². The number of nitrogens with one attached hydrogen (secondary N) is 1. The second kappa shape index (κ2) is 12.9. The molecule has 3 N–H and O–H groups in total. The van der Waals surface area contributed by atoms with Crippen LogP contribution in [0.5, 0.6) is 5.75 Å². The number of primary amides is 1. The third-order valence-corrected chi connectivity index (χ3v) is 9.02. The Morgan fingerprint density at radius 2 is 1.86 bits per heavy atom. The number of nitrogens with two attached hydrogens (primary N) is 1. The van der Waals surface area contributed by atoms with Crippen LogP contribution in [0.4, 0.5) is 17.6 Å². The van der Waals surface area contributed by atoms with E-state index in [1.165, 1.54) is 0 Å². The molecule has 5 rings (SSSR count). The lowest BCUT2D eigenvalue weighted by atomic mass is 9.81. The molecular weight excluding hydrogens is 602 g/mol. The van der Waals surface area contributed by atoms with Gasteiger partial charge in [0.1, 0.15) is 17.7 Å². The van der Waals surface area contributed by atoms with Gasteiger partial charge in [-0.1, -0.05) is 54.1 Å². The number of rotatable bonds is 9.